The van der Waals surface area contributed by atoms with E-state index in [0.29, 0.717) is 19.7 Å². The fourth-order valence-corrected chi connectivity index (χ4v) is 4.56. The lowest BCUT2D eigenvalue weighted by Gasteiger charge is -2.35. The zero-order chi connectivity index (χ0) is 27.1. The minimum atomic E-state index is -0.463. The number of nitrogens with zero attached hydrogens (tertiary/aromatic N) is 4. The molecule has 3 aromatic rings. The Morgan fingerprint density at radius 2 is 1.76 bits per heavy atom. The molecule has 0 aliphatic carbocycles. The van der Waals surface area contributed by atoms with Crippen molar-refractivity contribution in [2.75, 3.05) is 58.3 Å². The highest BCUT2D eigenvalue weighted by Crippen LogP contribution is 2.35. The fraction of sp³-hybridized carbons (Fsp3) is 0.467. The largest absolute Gasteiger partial charge is 0.494 e. The second kappa shape index (κ2) is 12.3. The van der Waals surface area contributed by atoms with Gasteiger partial charge in [0.1, 0.15) is 29.2 Å². The smallest absolute Gasteiger partial charge is 0.410 e. The van der Waals surface area contributed by atoms with Crippen molar-refractivity contribution in [3.05, 3.63) is 60.3 Å². The Morgan fingerprint density at radius 1 is 1.03 bits per heavy atom. The molecule has 1 fully saturated rings. The molecular formula is C30H40N4O4. The summed E-state index contributed by atoms with van der Waals surface area (Å²) in [7, 11) is 3.77. The molecule has 1 aliphatic rings. The van der Waals surface area contributed by atoms with Gasteiger partial charge in [-0.05, 0) is 51.4 Å². The molecule has 0 bridgehead atoms. The number of carbonyl (C=O) groups is 1. The van der Waals surface area contributed by atoms with E-state index in [-0.39, 0.29) is 6.09 Å². The molecule has 204 valence electrons. The van der Waals surface area contributed by atoms with Crippen LogP contribution in [0.1, 0.15) is 32.8 Å². The summed E-state index contributed by atoms with van der Waals surface area (Å²) >= 11 is 0. The molecule has 2 aromatic carbocycles. The third-order valence-electron chi connectivity index (χ3n) is 6.64. The first-order valence-corrected chi connectivity index (χ1v) is 13.3. The van der Waals surface area contributed by atoms with Gasteiger partial charge < -0.3 is 24.0 Å². The van der Waals surface area contributed by atoms with Crippen molar-refractivity contribution in [3.63, 3.8) is 0 Å². The number of carbonyl (C=O) groups excluding carboxylic acids is 1. The third-order valence-corrected chi connectivity index (χ3v) is 6.64. The van der Waals surface area contributed by atoms with Crippen LogP contribution in [-0.2, 0) is 11.3 Å². The molecule has 0 saturated carbocycles. The van der Waals surface area contributed by atoms with E-state index < -0.39 is 5.60 Å². The zero-order valence-electron chi connectivity index (χ0n) is 23.3. The van der Waals surface area contributed by atoms with Gasteiger partial charge in [0.05, 0.1) is 7.11 Å². The topological polar surface area (TPSA) is 67.4 Å². The summed E-state index contributed by atoms with van der Waals surface area (Å²) in [6, 6.07) is 16.2. The van der Waals surface area contributed by atoms with Gasteiger partial charge >= 0.3 is 6.09 Å². The molecule has 1 aliphatic heterocycles. The van der Waals surface area contributed by atoms with Crippen LogP contribution in [0.5, 0.6) is 11.5 Å². The van der Waals surface area contributed by atoms with Crippen molar-refractivity contribution in [1.29, 1.82) is 0 Å². The fourth-order valence-electron chi connectivity index (χ4n) is 4.56. The van der Waals surface area contributed by atoms with E-state index in [0.717, 1.165) is 66.3 Å². The van der Waals surface area contributed by atoms with Gasteiger partial charge in [0.15, 0.2) is 0 Å². The van der Waals surface area contributed by atoms with E-state index in [1.54, 1.807) is 18.2 Å². The van der Waals surface area contributed by atoms with Gasteiger partial charge in [-0.25, -0.2) is 4.79 Å². The van der Waals surface area contributed by atoms with Crippen LogP contribution in [0.3, 0.4) is 0 Å². The number of benzene rings is 2. The maximum Gasteiger partial charge on any atom is 0.410 e. The van der Waals surface area contributed by atoms with Gasteiger partial charge in [0, 0.05) is 63.1 Å². The number of anilines is 1. The van der Waals surface area contributed by atoms with E-state index in [1.165, 1.54) is 0 Å². The zero-order valence-corrected chi connectivity index (χ0v) is 23.3. The van der Waals surface area contributed by atoms with Crippen molar-refractivity contribution in [2.45, 2.75) is 39.4 Å². The number of hydrogen-bond acceptors (Lipinski definition) is 7. The van der Waals surface area contributed by atoms with Crippen molar-refractivity contribution < 1.29 is 19.0 Å². The summed E-state index contributed by atoms with van der Waals surface area (Å²) in [6.45, 7) is 11.2. The van der Waals surface area contributed by atoms with Gasteiger partial charge in [-0.3, -0.25) is 9.88 Å². The standard InChI is InChI=1S/C30H40N4O4/c1-30(2,3)38-29(35)34-18-16-33(17-19-34)15-9-14-32(4)24-20-25-26(37-22-23-10-7-6-8-11-23)12-13-31-28(25)27(21-24)36-5/h6-8,10-13,20-21H,9,14-19,22H2,1-5H3. The van der Waals surface area contributed by atoms with Crippen LogP contribution < -0.4 is 14.4 Å². The van der Waals surface area contributed by atoms with Gasteiger partial charge in [0.25, 0.3) is 0 Å². The van der Waals surface area contributed by atoms with E-state index in [1.807, 2.05) is 51.1 Å². The van der Waals surface area contributed by atoms with Crippen LogP contribution in [0.2, 0.25) is 0 Å². The van der Waals surface area contributed by atoms with E-state index in [9.17, 15) is 4.79 Å². The average molecular weight is 521 g/mol. The predicted molar refractivity (Wildman–Crippen MR) is 151 cm³/mol. The van der Waals surface area contributed by atoms with Crippen LogP contribution in [0.15, 0.2) is 54.7 Å². The summed E-state index contributed by atoms with van der Waals surface area (Å²) in [5, 5.41) is 0.933. The summed E-state index contributed by atoms with van der Waals surface area (Å²) in [5.74, 6) is 1.52. The number of rotatable bonds is 9. The summed E-state index contributed by atoms with van der Waals surface area (Å²) < 4.78 is 17.4. The number of ether oxygens (including phenoxy) is 3. The van der Waals surface area contributed by atoms with Gasteiger partial charge in [-0.1, -0.05) is 30.3 Å². The molecule has 0 atom stereocenters. The van der Waals surface area contributed by atoms with E-state index in [2.05, 4.69) is 40.0 Å². The van der Waals surface area contributed by atoms with Crippen LogP contribution in [0.4, 0.5) is 10.5 Å². The number of methoxy groups -OCH3 is 1. The summed E-state index contributed by atoms with van der Waals surface area (Å²) in [5.41, 5.74) is 2.50. The number of fused-ring (bicyclic) bond motifs is 1. The lowest BCUT2D eigenvalue weighted by atomic mass is 10.1. The van der Waals surface area contributed by atoms with Gasteiger partial charge in [0.2, 0.25) is 0 Å². The molecular weight excluding hydrogens is 480 g/mol. The molecule has 1 amide bonds. The Morgan fingerprint density at radius 3 is 2.45 bits per heavy atom. The SMILES string of the molecule is COc1cc(N(C)CCCN2CCN(C(=O)OC(C)(C)C)CC2)cc2c(OCc3ccccc3)ccnc12. The number of piperazine rings is 1. The molecule has 0 spiro atoms. The molecule has 0 unspecified atom stereocenters. The molecule has 8 heteroatoms. The van der Waals surface area contributed by atoms with Crippen LogP contribution in [0, 0.1) is 0 Å². The molecule has 1 saturated heterocycles. The van der Waals surface area contributed by atoms with Crippen molar-refractivity contribution >= 4 is 22.7 Å². The van der Waals surface area contributed by atoms with Crippen molar-refractivity contribution in [2.24, 2.45) is 0 Å². The van der Waals surface area contributed by atoms with E-state index >= 15 is 0 Å². The number of pyridine rings is 1. The van der Waals surface area contributed by atoms with Crippen LogP contribution in [0.25, 0.3) is 10.9 Å². The number of amides is 1. The Balaban J connectivity index is 1.35. The minimum Gasteiger partial charge on any atom is -0.494 e. The molecule has 4 rings (SSSR count). The first-order valence-electron chi connectivity index (χ1n) is 13.3. The second-order valence-corrected chi connectivity index (χ2v) is 10.7. The quantitative estimate of drug-likeness (QED) is 0.384. The maximum atomic E-state index is 12.3. The third kappa shape index (κ3) is 7.28. The molecule has 1 aromatic heterocycles. The highest BCUT2D eigenvalue weighted by molar-refractivity contribution is 5.93. The lowest BCUT2D eigenvalue weighted by molar-refractivity contribution is 0.0145. The van der Waals surface area contributed by atoms with Crippen LogP contribution in [-0.4, -0.2) is 79.9 Å². The Labute approximate surface area is 226 Å². The molecule has 0 radical (unpaired) electrons. The van der Waals surface area contributed by atoms with E-state index in [4.69, 9.17) is 14.2 Å². The summed E-state index contributed by atoms with van der Waals surface area (Å²) in [4.78, 5) is 23.3. The van der Waals surface area contributed by atoms with Crippen molar-refractivity contribution in [3.8, 4) is 11.5 Å². The second-order valence-electron chi connectivity index (χ2n) is 10.7. The first-order chi connectivity index (χ1) is 18.2. The molecule has 8 nitrogen and oxygen atoms in total. The highest BCUT2D eigenvalue weighted by Gasteiger charge is 2.25. The minimum absolute atomic E-state index is 0.219. The first kappa shape index (κ1) is 27.5. The predicted octanol–water partition coefficient (Wildman–Crippen LogP) is 5.20. The van der Waals surface area contributed by atoms with Gasteiger partial charge in [-0.15, -0.1) is 0 Å². The van der Waals surface area contributed by atoms with Crippen molar-refractivity contribution in [1.82, 2.24) is 14.8 Å². The summed E-state index contributed by atoms with van der Waals surface area (Å²) in [6.07, 6.45) is 2.55. The number of aromatic nitrogens is 1. The average Bonchev–Trinajstić information content (AvgIpc) is 2.91. The van der Waals surface area contributed by atoms with Gasteiger partial charge in [-0.2, -0.15) is 0 Å². The molecule has 0 N–H and O–H groups in total. The molecule has 38 heavy (non-hydrogen) atoms. The normalized spacial score (nSPS) is 14.4. The van der Waals surface area contributed by atoms with Crippen LogP contribution >= 0.6 is 0 Å². The number of hydrogen-bond donors (Lipinski definition) is 0. The highest BCUT2D eigenvalue weighted by atomic mass is 16.6. The Hall–Kier alpha value is -3.52. The molecule has 2 heterocycles. The lowest BCUT2D eigenvalue weighted by Crippen LogP contribution is -2.50. The Bertz CT molecular complexity index is 1200. The Kier molecular flexibility index (Phi) is 8.94. The monoisotopic (exact) mass is 520 g/mol. The maximum absolute atomic E-state index is 12.3.